The first-order valence-electron chi connectivity index (χ1n) is 3.89. The van der Waals surface area contributed by atoms with Crippen LogP contribution in [0.1, 0.15) is 0 Å². The van der Waals surface area contributed by atoms with Gasteiger partial charge in [-0.2, -0.15) is 0 Å². The minimum absolute atomic E-state index is 0.0974. The van der Waals surface area contributed by atoms with Crippen LogP contribution < -0.4 is 11.3 Å². The van der Waals surface area contributed by atoms with E-state index in [9.17, 15) is 19.7 Å². The van der Waals surface area contributed by atoms with Gasteiger partial charge in [-0.15, -0.1) is 0 Å². The van der Waals surface area contributed by atoms with Crippen molar-refractivity contribution in [1.82, 2.24) is 4.98 Å². The largest absolute Gasteiger partial charge is 0.419 e. The molecule has 0 radical (unpaired) electrons. The van der Waals surface area contributed by atoms with Crippen molar-refractivity contribution in [2.24, 2.45) is 0 Å². The summed E-state index contributed by atoms with van der Waals surface area (Å²) < 4.78 is 4.62. The van der Waals surface area contributed by atoms with Gasteiger partial charge in [-0.3, -0.25) is 19.9 Å². The van der Waals surface area contributed by atoms with E-state index in [1.165, 1.54) is 6.07 Å². The summed E-state index contributed by atoms with van der Waals surface area (Å²) in [4.78, 5) is 33.7. The van der Waals surface area contributed by atoms with E-state index in [4.69, 9.17) is 0 Å². The van der Waals surface area contributed by atoms with E-state index in [0.29, 0.717) is 0 Å². The van der Waals surface area contributed by atoms with E-state index in [1.807, 2.05) is 4.98 Å². The summed E-state index contributed by atoms with van der Waals surface area (Å²) in [7, 11) is 0. The van der Waals surface area contributed by atoms with Crippen molar-refractivity contribution in [2.45, 2.75) is 0 Å². The van der Waals surface area contributed by atoms with Gasteiger partial charge in [-0.05, 0) is 6.07 Å². The zero-order valence-corrected chi connectivity index (χ0v) is 7.22. The first kappa shape index (κ1) is 9.13. The summed E-state index contributed by atoms with van der Waals surface area (Å²) in [6, 6.07) is 3.43. The molecule has 1 aromatic carbocycles. The normalized spacial score (nSPS) is 10.4. The number of hydrogen-bond acceptors (Lipinski definition) is 5. The molecule has 0 aliphatic rings. The lowest BCUT2D eigenvalue weighted by Crippen LogP contribution is -2.17. The second-order valence-corrected chi connectivity index (χ2v) is 2.78. The van der Waals surface area contributed by atoms with Crippen LogP contribution in [0.5, 0.6) is 0 Å². The molecular formula is C8H4N2O5. The molecular weight excluding hydrogens is 204 g/mol. The van der Waals surface area contributed by atoms with Crippen LogP contribution in [0.15, 0.2) is 32.2 Å². The second-order valence-electron chi connectivity index (χ2n) is 2.78. The van der Waals surface area contributed by atoms with Crippen molar-refractivity contribution >= 4 is 16.7 Å². The van der Waals surface area contributed by atoms with Crippen LogP contribution in [0, 0.1) is 10.1 Å². The Kier molecular flexibility index (Phi) is 1.86. The SMILES string of the molecule is O=c1[nH]c(=O)c2ccc([N+](=O)[O-])cc2o1. The van der Waals surface area contributed by atoms with Gasteiger partial charge in [0.15, 0.2) is 5.58 Å². The number of hydrogen-bond donors (Lipinski definition) is 1. The molecule has 1 N–H and O–H groups in total. The van der Waals surface area contributed by atoms with Crippen LogP contribution in [-0.2, 0) is 0 Å². The minimum Gasteiger partial charge on any atom is -0.409 e. The number of rotatable bonds is 1. The average molecular weight is 208 g/mol. The Morgan fingerprint density at radius 3 is 2.73 bits per heavy atom. The number of aromatic amines is 1. The maximum absolute atomic E-state index is 11.2. The molecule has 15 heavy (non-hydrogen) atoms. The van der Waals surface area contributed by atoms with E-state index in [0.717, 1.165) is 12.1 Å². The van der Waals surface area contributed by atoms with Crippen molar-refractivity contribution in [1.29, 1.82) is 0 Å². The van der Waals surface area contributed by atoms with Crippen molar-refractivity contribution in [3.63, 3.8) is 0 Å². The molecule has 2 rings (SSSR count). The molecule has 0 atom stereocenters. The molecule has 2 aromatic rings. The van der Waals surface area contributed by atoms with Gasteiger partial charge in [0.2, 0.25) is 0 Å². The maximum Gasteiger partial charge on any atom is 0.419 e. The Labute approximate surface area is 81.1 Å². The molecule has 1 heterocycles. The lowest BCUT2D eigenvalue weighted by Gasteiger charge is -1.94. The highest BCUT2D eigenvalue weighted by Gasteiger charge is 2.09. The smallest absolute Gasteiger partial charge is 0.409 e. The fraction of sp³-hybridized carbons (Fsp3) is 0. The molecule has 0 aliphatic carbocycles. The second kappa shape index (κ2) is 3.05. The average Bonchev–Trinajstić information content (AvgIpc) is 2.16. The van der Waals surface area contributed by atoms with E-state index in [2.05, 4.69) is 4.42 Å². The Morgan fingerprint density at radius 1 is 1.33 bits per heavy atom. The summed E-state index contributed by atoms with van der Waals surface area (Å²) in [5, 5.41) is 10.5. The zero-order valence-electron chi connectivity index (χ0n) is 7.22. The fourth-order valence-corrected chi connectivity index (χ4v) is 1.18. The lowest BCUT2D eigenvalue weighted by atomic mass is 10.2. The number of aromatic nitrogens is 1. The van der Waals surface area contributed by atoms with Gasteiger partial charge < -0.3 is 4.42 Å². The highest BCUT2D eigenvalue weighted by molar-refractivity contribution is 5.77. The number of fused-ring (bicyclic) bond motifs is 1. The van der Waals surface area contributed by atoms with Crippen LogP contribution in [0.4, 0.5) is 5.69 Å². The third-order valence-corrected chi connectivity index (χ3v) is 1.84. The summed E-state index contributed by atoms with van der Waals surface area (Å²) in [5.74, 6) is -0.937. The number of non-ortho nitro benzene ring substituents is 1. The van der Waals surface area contributed by atoms with Crippen LogP contribution in [-0.4, -0.2) is 9.91 Å². The summed E-state index contributed by atoms with van der Waals surface area (Å²) in [6.45, 7) is 0. The van der Waals surface area contributed by atoms with Crippen molar-refractivity contribution in [3.8, 4) is 0 Å². The molecule has 0 saturated carbocycles. The Morgan fingerprint density at radius 2 is 2.07 bits per heavy atom. The molecule has 7 heteroatoms. The highest BCUT2D eigenvalue weighted by atomic mass is 16.6. The van der Waals surface area contributed by atoms with Crippen molar-refractivity contribution in [2.75, 3.05) is 0 Å². The summed E-state index contributed by atoms with van der Waals surface area (Å²) in [6.07, 6.45) is 0. The molecule has 76 valence electrons. The topological polar surface area (TPSA) is 106 Å². The Balaban J connectivity index is 2.88. The maximum atomic E-state index is 11.2. The standard InChI is InChI=1S/C8H4N2O5/c11-7-5-2-1-4(10(13)14)3-6(5)15-8(12)9-7/h1-3H,(H,9,11,12). The number of nitrogens with one attached hydrogen (secondary N) is 1. The molecule has 0 spiro atoms. The minimum atomic E-state index is -0.937. The molecule has 0 aliphatic heterocycles. The molecule has 0 saturated heterocycles. The Hall–Kier alpha value is -2.44. The lowest BCUT2D eigenvalue weighted by molar-refractivity contribution is -0.384. The first-order valence-corrected chi connectivity index (χ1v) is 3.89. The summed E-state index contributed by atoms with van der Waals surface area (Å²) in [5.41, 5.74) is -0.967. The van der Waals surface area contributed by atoms with Gasteiger partial charge in [0.05, 0.1) is 16.4 Å². The number of H-pyrrole nitrogens is 1. The quantitative estimate of drug-likeness (QED) is 0.538. The molecule has 0 fully saturated rings. The predicted molar refractivity (Wildman–Crippen MR) is 49.8 cm³/mol. The molecule has 0 amide bonds. The van der Waals surface area contributed by atoms with E-state index in [1.54, 1.807) is 0 Å². The molecule has 0 unspecified atom stereocenters. The van der Waals surface area contributed by atoms with Crippen LogP contribution in [0.2, 0.25) is 0 Å². The van der Waals surface area contributed by atoms with Crippen LogP contribution in [0.25, 0.3) is 11.0 Å². The van der Waals surface area contributed by atoms with Gasteiger partial charge in [-0.25, -0.2) is 4.79 Å². The highest BCUT2D eigenvalue weighted by Crippen LogP contribution is 2.16. The monoisotopic (exact) mass is 208 g/mol. The third kappa shape index (κ3) is 1.50. The number of nitro benzene ring substituents is 1. The number of nitro groups is 1. The first-order chi connectivity index (χ1) is 7.08. The van der Waals surface area contributed by atoms with Crippen molar-refractivity contribution in [3.05, 3.63) is 49.2 Å². The molecule has 1 aromatic heterocycles. The number of benzene rings is 1. The van der Waals surface area contributed by atoms with Gasteiger partial charge in [0.1, 0.15) is 0 Å². The van der Waals surface area contributed by atoms with Gasteiger partial charge in [0.25, 0.3) is 11.2 Å². The van der Waals surface area contributed by atoms with Gasteiger partial charge in [0, 0.05) is 6.07 Å². The number of nitrogens with zero attached hydrogens (tertiary/aromatic N) is 1. The Bertz CT molecular complexity index is 654. The van der Waals surface area contributed by atoms with Crippen LogP contribution >= 0.6 is 0 Å². The van der Waals surface area contributed by atoms with Gasteiger partial charge in [-0.1, -0.05) is 0 Å². The molecule has 7 nitrogen and oxygen atoms in total. The van der Waals surface area contributed by atoms with Crippen LogP contribution in [0.3, 0.4) is 0 Å². The van der Waals surface area contributed by atoms with E-state index < -0.39 is 16.2 Å². The predicted octanol–water partition coefficient (Wildman–Crippen LogP) is 0.390. The van der Waals surface area contributed by atoms with Crippen molar-refractivity contribution < 1.29 is 9.34 Å². The third-order valence-electron chi connectivity index (χ3n) is 1.84. The summed E-state index contributed by atoms with van der Waals surface area (Å²) >= 11 is 0. The van der Waals surface area contributed by atoms with E-state index >= 15 is 0 Å². The molecule has 0 bridgehead atoms. The van der Waals surface area contributed by atoms with E-state index in [-0.39, 0.29) is 16.7 Å². The fourth-order valence-electron chi connectivity index (χ4n) is 1.18. The zero-order chi connectivity index (χ0) is 11.0. The van der Waals surface area contributed by atoms with Gasteiger partial charge >= 0.3 is 5.76 Å².